The van der Waals surface area contributed by atoms with Crippen LogP contribution in [0.2, 0.25) is 0 Å². The molecule has 5 heteroatoms. The average Bonchev–Trinajstić information content (AvgIpc) is 2.77. The van der Waals surface area contributed by atoms with Gasteiger partial charge in [0.15, 0.2) is 5.82 Å². The lowest BCUT2D eigenvalue weighted by Crippen LogP contribution is -2.33. The van der Waals surface area contributed by atoms with Crippen LogP contribution in [-0.4, -0.2) is 33.7 Å². The molecule has 0 amide bonds. The number of nitrogens with zero attached hydrogens (tertiary/aromatic N) is 3. The first-order valence-corrected chi connectivity index (χ1v) is 6.72. The van der Waals surface area contributed by atoms with Crippen LogP contribution in [0.25, 0.3) is 5.65 Å². The van der Waals surface area contributed by atoms with E-state index in [9.17, 15) is 0 Å². The minimum absolute atomic E-state index is 0.189. The Morgan fingerprint density at radius 1 is 1.42 bits per heavy atom. The molecule has 0 fully saturated rings. The molecule has 2 aromatic rings. The van der Waals surface area contributed by atoms with Gasteiger partial charge in [0.2, 0.25) is 0 Å². The molecule has 19 heavy (non-hydrogen) atoms. The van der Waals surface area contributed by atoms with Crippen molar-refractivity contribution in [2.45, 2.75) is 32.9 Å². The molecule has 0 aliphatic carbocycles. The number of hydrogen-bond acceptors (Lipinski definition) is 4. The summed E-state index contributed by atoms with van der Waals surface area (Å²) < 4.78 is 2.03. The van der Waals surface area contributed by atoms with Crippen LogP contribution >= 0.6 is 0 Å². The van der Waals surface area contributed by atoms with E-state index in [1.54, 1.807) is 0 Å². The van der Waals surface area contributed by atoms with Crippen molar-refractivity contribution in [1.29, 1.82) is 0 Å². The average molecular weight is 262 g/mol. The number of fused-ring (bicyclic) bond motifs is 1. The fourth-order valence-electron chi connectivity index (χ4n) is 2.30. The molecule has 0 aliphatic rings. The van der Waals surface area contributed by atoms with E-state index in [-0.39, 0.29) is 6.61 Å². The number of aliphatic hydroxyl groups excluding tert-OH is 1. The first-order chi connectivity index (χ1) is 9.19. The van der Waals surface area contributed by atoms with Crippen molar-refractivity contribution in [3.8, 4) is 0 Å². The molecule has 0 saturated heterocycles. The minimum Gasteiger partial charge on any atom is -0.396 e. The zero-order valence-corrected chi connectivity index (χ0v) is 11.6. The third kappa shape index (κ3) is 2.72. The van der Waals surface area contributed by atoms with Crippen LogP contribution in [0.15, 0.2) is 24.4 Å². The SMILES string of the molecule is CC(C)N(CCCO)c1nc2ccccn2c1CN. The van der Waals surface area contributed by atoms with Crippen LogP contribution < -0.4 is 10.6 Å². The molecule has 0 aliphatic heterocycles. The molecule has 0 bridgehead atoms. The maximum absolute atomic E-state index is 9.03. The molecule has 5 nitrogen and oxygen atoms in total. The van der Waals surface area contributed by atoms with E-state index in [1.807, 2.05) is 28.8 Å². The topological polar surface area (TPSA) is 66.8 Å². The van der Waals surface area contributed by atoms with E-state index in [0.717, 1.165) is 30.1 Å². The van der Waals surface area contributed by atoms with Crippen LogP contribution in [0.5, 0.6) is 0 Å². The molecule has 0 aromatic carbocycles. The summed E-state index contributed by atoms with van der Waals surface area (Å²) in [5.74, 6) is 0.928. The molecule has 0 radical (unpaired) electrons. The number of nitrogens with two attached hydrogens (primary N) is 1. The van der Waals surface area contributed by atoms with Gasteiger partial charge in [0.05, 0.1) is 5.69 Å². The van der Waals surface area contributed by atoms with Gasteiger partial charge in [-0.15, -0.1) is 0 Å². The van der Waals surface area contributed by atoms with Crippen molar-refractivity contribution in [3.05, 3.63) is 30.1 Å². The molecular weight excluding hydrogens is 240 g/mol. The van der Waals surface area contributed by atoms with Crippen LogP contribution in [0.1, 0.15) is 26.0 Å². The first kappa shape index (κ1) is 13.8. The quantitative estimate of drug-likeness (QED) is 0.825. The van der Waals surface area contributed by atoms with Crippen molar-refractivity contribution in [3.63, 3.8) is 0 Å². The second-order valence-electron chi connectivity index (χ2n) is 4.88. The van der Waals surface area contributed by atoms with Crippen LogP contribution in [0, 0.1) is 0 Å². The Morgan fingerprint density at radius 3 is 2.84 bits per heavy atom. The Kier molecular flexibility index (Phi) is 4.39. The summed E-state index contributed by atoms with van der Waals surface area (Å²) in [5.41, 5.74) is 7.82. The number of hydrogen-bond donors (Lipinski definition) is 2. The zero-order chi connectivity index (χ0) is 13.8. The van der Waals surface area contributed by atoms with Crippen molar-refractivity contribution in [1.82, 2.24) is 9.38 Å². The largest absolute Gasteiger partial charge is 0.396 e. The molecular formula is C14H22N4O. The standard InChI is InChI=1S/C14H22N4O/c1-11(2)17(8-5-9-19)14-12(10-15)18-7-4-3-6-13(18)16-14/h3-4,6-7,11,19H,5,8-10,15H2,1-2H3. The smallest absolute Gasteiger partial charge is 0.152 e. The summed E-state index contributed by atoms with van der Waals surface area (Å²) in [7, 11) is 0. The number of aromatic nitrogens is 2. The third-order valence-electron chi connectivity index (χ3n) is 3.25. The normalized spacial score (nSPS) is 11.4. The van der Waals surface area contributed by atoms with Crippen molar-refractivity contribution < 1.29 is 5.11 Å². The number of imidazole rings is 1. The van der Waals surface area contributed by atoms with Gasteiger partial charge in [-0.2, -0.15) is 0 Å². The van der Waals surface area contributed by atoms with Gasteiger partial charge in [-0.05, 0) is 32.4 Å². The number of rotatable bonds is 6. The fourth-order valence-corrected chi connectivity index (χ4v) is 2.30. The second-order valence-corrected chi connectivity index (χ2v) is 4.88. The molecule has 3 N–H and O–H groups in total. The van der Waals surface area contributed by atoms with E-state index >= 15 is 0 Å². The van der Waals surface area contributed by atoms with Gasteiger partial charge in [0.25, 0.3) is 0 Å². The molecule has 0 saturated carbocycles. The summed E-state index contributed by atoms with van der Waals surface area (Å²) in [5, 5.41) is 9.03. The molecule has 0 spiro atoms. The van der Waals surface area contributed by atoms with Gasteiger partial charge >= 0.3 is 0 Å². The van der Waals surface area contributed by atoms with E-state index in [4.69, 9.17) is 10.8 Å². The van der Waals surface area contributed by atoms with Gasteiger partial charge in [-0.3, -0.25) is 0 Å². The van der Waals surface area contributed by atoms with E-state index in [0.29, 0.717) is 12.6 Å². The van der Waals surface area contributed by atoms with E-state index in [1.165, 1.54) is 0 Å². The number of pyridine rings is 1. The number of aliphatic hydroxyl groups is 1. The van der Waals surface area contributed by atoms with Crippen LogP contribution in [0.3, 0.4) is 0 Å². The first-order valence-electron chi connectivity index (χ1n) is 6.72. The maximum atomic E-state index is 9.03. The van der Waals surface area contributed by atoms with Crippen LogP contribution in [-0.2, 0) is 6.54 Å². The molecule has 2 rings (SSSR count). The van der Waals surface area contributed by atoms with Crippen molar-refractivity contribution in [2.75, 3.05) is 18.1 Å². The lowest BCUT2D eigenvalue weighted by molar-refractivity contribution is 0.288. The van der Waals surface area contributed by atoms with Gasteiger partial charge in [-0.1, -0.05) is 6.07 Å². The Morgan fingerprint density at radius 2 is 2.21 bits per heavy atom. The molecule has 0 unspecified atom stereocenters. The maximum Gasteiger partial charge on any atom is 0.152 e. The van der Waals surface area contributed by atoms with Gasteiger partial charge in [0, 0.05) is 31.9 Å². The van der Waals surface area contributed by atoms with Crippen molar-refractivity contribution in [2.24, 2.45) is 5.73 Å². The van der Waals surface area contributed by atoms with Crippen LogP contribution in [0.4, 0.5) is 5.82 Å². The third-order valence-corrected chi connectivity index (χ3v) is 3.25. The predicted molar refractivity (Wildman–Crippen MR) is 77.3 cm³/mol. The summed E-state index contributed by atoms with van der Waals surface area (Å²) in [6.07, 6.45) is 2.72. The summed E-state index contributed by atoms with van der Waals surface area (Å²) in [4.78, 5) is 6.89. The predicted octanol–water partition coefficient (Wildman–Crippen LogP) is 1.39. The highest BCUT2D eigenvalue weighted by Crippen LogP contribution is 2.23. The Bertz CT molecular complexity index is 535. The van der Waals surface area contributed by atoms with Gasteiger partial charge < -0.3 is 20.1 Å². The minimum atomic E-state index is 0.189. The Labute approximate surface area is 113 Å². The van der Waals surface area contributed by atoms with Gasteiger partial charge in [0.1, 0.15) is 5.65 Å². The molecule has 0 atom stereocenters. The fraction of sp³-hybridized carbons (Fsp3) is 0.500. The summed E-state index contributed by atoms with van der Waals surface area (Å²) in [6.45, 7) is 5.67. The Hall–Kier alpha value is -1.59. The highest BCUT2D eigenvalue weighted by atomic mass is 16.3. The lowest BCUT2D eigenvalue weighted by Gasteiger charge is -2.27. The Balaban J connectivity index is 2.46. The lowest BCUT2D eigenvalue weighted by atomic mass is 10.2. The second kappa shape index (κ2) is 6.04. The highest BCUT2D eigenvalue weighted by molar-refractivity contribution is 5.56. The monoisotopic (exact) mass is 262 g/mol. The number of anilines is 1. The van der Waals surface area contributed by atoms with Gasteiger partial charge in [-0.25, -0.2) is 4.98 Å². The highest BCUT2D eigenvalue weighted by Gasteiger charge is 2.19. The molecule has 2 heterocycles. The van der Waals surface area contributed by atoms with E-state index in [2.05, 4.69) is 23.7 Å². The van der Waals surface area contributed by atoms with E-state index < -0.39 is 0 Å². The molecule has 2 aromatic heterocycles. The molecule has 104 valence electrons. The zero-order valence-electron chi connectivity index (χ0n) is 11.6. The summed E-state index contributed by atoms with van der Waals surface area (Å²) >= 11 is 0. The summed E-state index contributed by atoms with van der Waals surface area (Å²) in [6, 6.07) is 6.25. The van der Waals surface area contributed by atoms with Crippen molar-refractivity contribution >= 4 is 11.5 Å².